The Morgan fingerprint density at radius 3 is 2.11 bits per heavy atom. The molecule has 0 aliphatic rings. The van der Waals surface area contributed by atoms with Crippen LogP contribution in [-0.4, -0.2) is 36.5 Å². The highest BCUT2D eigenvalue weighted by molar-refractivity contribution is 9.10. The van der Waals surface area contributed by atoms with E-state index >= 15 is 0 Å². The molecule has 2 rings (SSSR count). The molecule has 0 bridgehead atoms. The molecule has 0 aliphatic carbocycles. The average Bonchev–Trinajstić information content (AvgIpc) is 2.33. The standard InChI is InChI=1S/C12H12B4BrClO/c13-8-7(4-1-5(17)3-6(18)2-4)9(14)12(19)11(16)10(8)15/h1-3,19H,13-16H2. The lowest BCUT2D eigenvalue weighted by atomic mass is 9.65. The van der Waals surface area contributed by atoms with Crippen LogP contribution in [0.15, 0.2) is 22.7 Å². The second kappa shape index (κ2) is 5.34. The number of hydrogen-bond acceptors (Lipinski definition) is 1. The van der Waals surface area contributed by atoms with Gasteiger partial charge in [0.25, 0.3) is 0 Å². The number of hydrogen-bond donors (Lipinski definition) is 1. The van der Waals surface area contributed by atoms with Crippen molar-refractivity contribution in [1.82, 2.24) is 0 Å². The monoisotopic (exact) mass is 330 g/mol. The molecule has 0 saturated heterocycles. The van der Waals surface area contributed by atoms with E-state index in [-0.39, 0.29) is 0 Å². The molecule has 7 heteroatoms. The van der Waals surface area contributed by atoms with Gasteiger partial charge in [-0.25, -0.2) is 0 Å². The van der Waals surface area contributed by atoms with Crippen molar-refractivity contribution >= 4 is 80.8 Å². The van der Waals surface area contributed by atoms with E-state index in [9.17, 15) is 5.11 Å². The molecule has 2 aromatic carbocycles. The minimum Gasteiger partial charge on any atom is -0.509 e. The number of rotatable bonds is 1. The third kappa shape index (κ3) is 2.61. The van der Waals surface area contributed by atoms with Crippen LogP contribution in [0.4, 0.5) is 0 Å². The first-order chi connectivity index (χ1) is 8.82. The van der Waals surface area contributed by atoms with Crippen molar-refractivity contribution in [2.75, 3.05) is 0 Å². The molecule has 92 valence electrons. The fraction of sp³-hybridized carbons (Fsp3) is 0. The van der Waals surface area contributed by atoms with Crippen molar-refractivity contribution in [2.24, 2.45) is 0 Å². The first-order valence-corrected chi connectivity index (χ1v) is 7.25. The molecule has 0 heterocycles. The molecule has 0 unspecified atom stereocenters. The highest BCUT2D eigenvalue weighted by atomic mass is 79.9. The van der Waals surface area contributed by atoms with E-state index in [1.165, 1.54) is 5.46 Å². The summed E-state index contributed by atoms with van der Waals surface area (Å²) >= 11 is 9.59. The molecular formula is C12H12B4BrClO. The first-order valence-electron chi connectivity index (χ1n) is 6.08. The Bertz CT molecular complexity index is 626. The van der Waals surface area contributed by atoms with Crippen LogP contribution in [0.2, 0.25) is 5.02 Å². The summed E-state index contributed by atoms with van der Waals surface area (Å²) in [5, 5.41) is 10.9. The van der Waals surface area contributed by atoms with E-state index in [0.29, 0.717) is 10.8 Å². The van der Waals surface area contributed by atoms with Crippen LogP contribution in [0.1, 0.15) is 0 Å². The molecule has 0 radical (unpaired) electrons. The molecule has 0 amide bonds. The zero-order valence-electron chi connectivity index (χ0n) is 11.4. The summed E-state index contributed by atoms with van der Waals surface area (Å²) in [6.07, 6.45) is 0. The molecule has 0 saturated carbocycles. The van der Waals surface area contributed by atoms with E-state index in [2.05, 4.69) is 23.8 Å². The van der Waals surface area contributed by atoms with Gasteiger partial charge in [-0.05, 0) is 34.8 Å². The lowest BCUT2D eigenvalue weighted by Crippen LogP contribution is -2.44. The summed E-state index contributed by atoms with van der Waals surface area (Å²) in [5.74, 6) is 0.370. The molecule has 0 fully saturated rings. The molecular weight excluding hydrogens is 319 g/mol. The number of halogens is 2. The Labute approximate surface area is 130 Å². The van der Waals surface area contributed by atoms with Gasteiger partial charge in [-0.3, -0.25) is 0 Å². The van der Waals surface area contributed by atoms with E-state index in [4.69, 9.17) is 11.6 Å². The molecule has 0 atom stereocenters. The molecule has 0 aromatic heterocycles. The van der Waals surface area contributed by atoms with Crippen LogP contribution >= 0.6 is 27.5 Å². The van der Waals surface area contributed by atoms with Crippen LogP contribution in [0, 0.1) is 0 Å². The number of benzene rings is 2. The largest absolute Gasteiger partial charge is 0.509 e. The minimum atomic E-state index is 0.370. The van der Waals surface area contributed by atoms with Crippen molar-refractivity contribution < 1.29 is 5.11 Å². The summed E-state index contributed by atoms with van der Waals surface area (Å²) in [4.78, 5) is 0. The van der Waals surface area contributed by atoms with Gasteiger partial charge in [0.05, 0.1) is 0 Å². The second-order valence-corrected chi connectivity index (χ2v) is 6.23. The highest BCUT2D eigenvalue weighted by Gasteiger charge is 2.15. The van der Waals surface area contributed by atoms with Gasteiger partial charge in [-0.1, -0.05) is 43.9 Å². The molecule has 2 aromatic rings. The van der Waals surface area contributed by atoms with Gasteiger partial charge in [0.2, 0.25) is 0 Å². The van der Waals surface area contributed by atoms with Gasteiger partial charge in [-0.15, -0.1) is 0 Å². The Hall–Kier alpha value is -0.730. The lowest BCUT2D eigenvalue weighted by Gasteiger charge is -2.19. The van der Waals surface area contributed by atoms with Crippen LogP contribution in [0.25, 0.3) is 11.1 Å². The number of phenols is 1. The summed E-state index contributed by atoms with van der Waals surface area (Å²) in [5.41, 5.74) is 6.22. The SMILES string of the molecule is Bc1c(B)c(O)c(B)c(-c2cc(Cl)cc(Br)c2)c1B. The maximum atomic E-state index is 10.2. The summed E-state index contributed by atoms with van der Waals surface area (Å²) in [6, 6.07) is 5.81. The summed E-state index contributed by atoms with van der Waals surface area (Å²) < 4.78 is 0.937. The Morgan fingerprint density at radius 1 is 0.895 bits per heavy atom. The van der Waals surface area contributed by atoms with Gasteiger partial charge < -0.3 is 5.11 Å². The smallest absolute Gasteiger partial charge is 0.144 e. The Morgan fingerprint density at radius 2 is 1.53 bits per heavy atom. The van der Waals surface area contributed by atoms with E-state index in [1.54, 1.807) is 0 Å². The summed E-state index contributed by atoms with van der Waals surface area (Å²) in [6.45, 7) is 0. The third-order valence-electron chi connectivity index (χ3n) is 3.74. The van der Waals surface area contributed by atoms with Crippen LogP contribution in [0.3, 0.4) is 0 Å². The minimum absolute atomic E-state index is 0.370. The molecule has 0 spiro atoms. The van der Waals surface area contributed by atoms with Crippen molar-refractivity contribution in [2.45, 2.75) is 0 Å². The van der Waals surface area contributed by atoms with Crippen molar-refractivity contribution in [3.63, 3.8) is 0 Å². The highest BCUT2D eigenvalue weighted by Crippen LogP contribution is 2.26. The fourth-order valence-corrected chi connectivity index (χ4v) is 3.32. The summed E-state index contributed by atoms with van der Waals surface area (Å²) in [7, 11) is 8.01. The second-order valence-electron chi connectivity index (χ2n) is 4.88. The molecule has 1 N–H and O–H groups in total. The van der Waals surface area contributed by atoms with Gasteiger partial charge in [0, 0.05) is 9.50 Å². The van der Waals surface area contributed by atoms with Crippen molar-refractivity contribution in [3.8, 4) is 16.9 Å². The van der Waals surface area contributed by atoms with E-state index in [1.807, 2.05) is 41.7 Å². The maximum Gasteiger partial charge on any atom is 0.144 e. The Balaban J connectivity index is 2.82. The predicted molar refractivity (Wildman–Crippen MR) is 99.0 cm³/mol. The molecule has 0 aliphatic heterocycles. The van der Waals surface area contributed by atoms with Crippen LogP contribution in [-0.2, 0) is 0 Å². The number of phenolic OH excluding ortho intramolecular Hbond substituents is 1. The van der Waals surface area contributed by atoms with Crippen molar-refractivity contribution in [1.29, 1.82) is 0 Å². The van der Waals surface area contributed by atoms with Gasteiger partial charge in [0.15, 0.2) is 0 Å². The fourth-order valence-electron chi connectivity index (χ4n) is 2.46. The zero-order valence-corrected chi connectivity index (χ0v) is 13.8. The topological polar surface area (TPSA) is 20.2 Å². The number of aromatic hydroxyl groups is 1. The van der Waals surface area contributed by atoms with Crippen LogP contribution in [0.5, 0.6) is 5.75 Å². The van der Waals surface area contributed by atoms with Gasteiger partial charge in [-0.2, -0.15) is 0 Å². The van der Waals surface area contributed by atoms with Crippen LogP contribution < -0.4 is 21.9 Å². The average molecular weight is 331 g/mol. The maximum absolute atomic E-state index is 10.2. The van der Waals surface area contributed by atoms with Gasteiger partial charge in [0.1, 0.15) is 37.1 Å². The van der Waals surface area contributed by atoms with E-state index < -0.39 is 0 Å². The Kier molecular flexibility index (Phi) is 4.12. The van der Waals surface area contributed by atoms with E-state index in [0.717, 1.165) is 32.0 Å². The lowest BCUT2D eigenvalue weighted by molar-refractivity contribution is 0.484. The van der Waals surface area contributed by atoms with Crippen molar-refractivity contribution in [3.05, 3.63) is 27.7 Å². The predicted octanol–water partition coefficient (Wildman–Crippen LogP) is -2.49. The zero-order chi connectivity index (χ0) is 14.3. The molecule has 1 nitrogen and oxygen atoms in total. The first kappa shape index (κ1) is 14.7. The third-order valence-corrected chi connectivity index (χ3v) is 4.41. The quantitative estimate of drug-likeness (QED) is 0.574. The van der Waals surface area contributed by atoms with Gasteiger partial charge >= 0.3 is 0 Å². The normalized spacial score (nSPS) is 10.6. The molecule has 19 heavy (non-hydrogen) atoms.